The summed E-state index contributed by atoms with van der Waals surface area (Å²) < 4.78 is 43.4. The van der Waals surface area contributed by atoms with Gasteiger partial charge in [0.1, 0.15) is 0 Å². The lowest BCUT2D eigenvalue weighted by molar-refractivity contribution is 0.0724. The van der Waals surface area contributed by atoms with Gasteiger partial charge in [0, 0.05) is 36.1 Å². The molecule has 19 heavy (non-hydrogen) atoms. The predicted octanol–water partition coefficient (Wildman–Crippen LogP) is 0.853. The summed E-state index contributed by atoms with van der Waals surface area (Å²) in [7, 11) is -4.96. The van der Waals surface area contributed by atoms with E-state index < -0.39 is 24.9 Å². The van der Waals surface area contributed by atoms with Crippen molar-refractivity contribution in [2.75, 3.05) is 32.1 Å². The van der Waals surface area contributed by atoms with Crippen LogP contribution in [0.2, 0.25) is 0 Å². The molecule has 0 aliphatic carbocycles. The maximum Gasteiger partial charge on any atom is 0.232 e. The van der Waals surface area contributed by atoms with Crippen LogP contribution in [0, 0.1) is 0 Å². The van der Waals surface area contributed by atoms with Crippen molar-refractivity contribution < 1.29 is 17.4 Å². The first-order valence-corrected chi connectivity index (χ1v) is 9.16. The molecule has 0 N–H and O–H groups in total. The zero-order valence-corrected chi connectivity index (χ0v) is 13.3. The van der Waals surface area contributed by atoms with E-state index in [2.05, 4.69) is 0 Å². The van der Waals surface area contributed by atoms with Gasteiger partial charge in [0.05, 0.1) is 13.2 Å². The van der Waals surface area contributed by atoms with Gasteiger partial charge in [-0.05, 0) is 20.8 Å². The normalized spacial score (nSPS) is 34.6. The Labute approximate surface area is 117 Å². The number of morpholine rings is 1. The summed E-state index contributed by atoms with van der Waals surface area (Å²) in [6.45, 7) is 7.01. The molecule has 2 aliphatic heterocycles. The van der Waals surface area contributed by atoms with Gasteiger partial charge in [-0.25, -0.2) is 8.42 Å². The van der Waals surface area contributed by atoms with E-state index in [0.717, 1.165) is 11.1 Å². The fourth-order valence-electron chi connectivity index (χ4n) is 2.45. The van der Waals surface area contributed by atoms with Crippen molar-refractivity contribution in [3.05, 3.63) is 11.1 Å². The van der Waals surface area contributed by atoms with Gasteiger partial charge in [0.15, 0.2) is 4.08 Å². The van der Waals surface area contributed by atoms with Crippen molar-refractivity contribution in [1.82, 2.24) is 4.31 Å². The lowest BCUT2D eigenvalue weighted by atomic mass is 10.1. The smallest absolute Gasteiger partial charge is 0.232 e. The third-order valence-electron chi connectivity index (χ3n) is 4.00. The van der Waals surface area contributed by atoms with Gasteiger partial charge in [-0.1, -0.05) is 11.1 Å². The van der Waals surface area contributed by atoms with Crippen LogP contribution in [0.3, 0.4) is 0 Å². The van der Waals surface area contributed by atoms with Crippen LogP contribution in [0.25, 0.3) is 0 Å². The number of ether oxygens (including phenoxy) is 1. The molecular formula is C12H21NO4S2. The van der Waals surface area contributed by atoms with E-state index >= 15 is 0 Å². The third kappa shape index (κ3) is 2.53. The van der Waals surface area contributed by atoms with E-state index in [1.807, 2.05) is 13.8 Å². The summed E-state index contributed by atoms with van der Waals surface area (Å²) in [5.74, 6) is 0.353. The van der Waals surface area contributed by atoms with Crippen LogP contribution in [0.4, 0.5) is 0 Å². The van der Waals surface area contributed by atoms with E-state index in [4.69, 9.17) is 4.74 Å². The van der Waals surface area contributed by atoms with Gasteiger partial charge in [-0.3, -0.25) is 4.21 Å². The number of nitrogens with zero attached hydrogens (tertiary/aromatic N) is 1. The third-order valence-corrected chi connectivity index (χ3v) is 9.27. The van der Waals surface area contributed by atoms with Gasteiger partial charge in [0.25, 0.3) is 0 Å². The highest BCUT2D eigenvalue weighted by Crippen LogP contribution is 2.37. The number of allylic oxidation sites excluding steroid dienone is 1. The Kier molecular flexibility index (Phi) is 4.21. The Morgan fingerprint density at radius 2 is 1.79 bits per heavy atom. The van der Waals surface area contributed by atoms with Crippen molar-refractivity contribution in [2.45, 2.75) is 31.3 Å². The Balaban J connectivity index is 2.35. The summed E-state index contributed by atoms with van der Waals surface area (Å²) in [6, 6.07) is 0. The van der Waals surface area contributed by atoms with Crippen molar-refractivity contribution in [3.8, 4) is 0 Å². The quantitative estimate of drug-likeness (QED) is 0.710. The molecule has 5 nitrogen and oxygen atoms in total. The molecule has 2 atom stereocenters. The first-order valence-electron chi connectivity index (χ1n) is 6.40. The number of rotatable bonds is 2. The summed E-state index contributed by atoms with van der Waals surface area (Å²) >= 11 is 0. The monoisotopic (exact) mass is 307 g/mol. The molecule has 2 rings (SSSR count). The largest absolute Gasteiger partial charge is 0.379 e. The molecule has 0 aromatic rings. The molecule has 7 heteroatoms. The van der Waals surface area contributed by atoms with Crippen molar-refractivity contribution >= 4 is 20.8 Å². The van der Waals surface area contributed by atoms with Crippen LogP contribution in [0.15, 0.2) is 11.1 Å². The summed E-state index contributed by atoms with van der Waals surface area (Å²) in [6.07, 6.45) is 0.352. The van der Waals surface area contributed by atoms with Crippen LogP contribution in [0.5, 0.6) is 0 Å². The van der Waals surface area contributed by atoms with Gasteiger partial charge < -0.3 is 4.74 Å². The second kappa shape index (κ2) is 5.27. The first-order chi connectivity index (χ1) is 8.79. The van der Waals surface area contributed by atoms with E-state index in [0.29, 0.717) is 38.5 Å². The molecular weight excluding hydrogens is 286 g/mol. The zero-order chi connectivity index (χ0) is 14.3. The molecule has 110 valence electrons. The zero-order valence-electron chi connectivity index (χ0n) is 11.6. The molecule has 2 heterocycles. The molecule has 0 aromatic heterocycles. The fraction of sp³-hybridized carbons (Fsp3) is 0.833. The van der Waals surface area contributed by atoms with E-state index in [1.165, 1.54) is 4.31 Å². The highest BCUT2D eigenvalue weighted by atomic mass is 32.3. The first kappa shape index (κ1) is 15.2. The Morgan fingerprint density at radius 1 is 1.21 bits per heavy atom. The lowest BCUT2D eigenvalue weighted by Crippen LogP contribution is -2.54. The second-order valence-corrected chi connectivity index (χ2v) is 9.88. The minimum atomic E-state index is -3.57. The number of hydrogen-bond acceptors (Lipinski definition) is 4. The molecule has 1 saturated heterocycles. The second-order valence-electron chi connectivity index (χ2n) is 5.38. The Bertz CT molecular complexity index is 520. The highest BCUT2D eigenvalue weighted by molar-refractivity contribution is 8.06. The average Bonchev–Trinajstić information content (AvgIpc) is 2.37. The summed E-state index contributed by atoms with van der Waals surface area (Å²) in [5.41, 5.74) is 2.09. The van der Waals surface area contributed by atoms with Gasteiger partial charge in [-0.2, -0.15) is 4.31 Å². The number of sulfonamides is 1. The van der Waals surface area contributed by atoms with E-state index in [1.54, 1.807) is 6.92 Å². The standard InChI is InChI=1S/C12H21NO4S2/c1-10-8-12(3,18(14)9-11(10)2)19(15,16)13-4-6-17-7-5-13/h4-9H2,1-3H3/t12-,18+/m1/s1. The Morgan fingerprint density at radius 3 is 2.37 bits per heavy atom. The molecule has 0 radical (unpaired) electrons. The fourth-order valence-corrected chi connectivity index (χ4v) is 6.78. The van der Waals surface area contributed by atoms with Gasteiger partial charge >= 0.3 is 0 Å². The maximum atomic E-state index is 12.8. The van der Waals surface area contributed by atoms with Crippen molar-refractivity contribution in [1.29, 1.82) is 0 Å². The average molecular weight is 307 g/mol. The molecule has 2 aliphatic rings. The van der Waals surface area contributed by atoms with Crippen molar-refractivity contribution in [2.24, 2.45) is 0 Å². The minimum absolute atomic E-state index is 0.352. The van der Waals surface area contributed by atoms with Crippen LogP contribution >= 0.6 is 0 Å². The molecule has 1 fully saturated rings. The topological polar surface area (TPSA) is 63.7 Å². The molecule has 0 unspecified atom stereocenters. The van der Waals surface area contributed by atoms with Crippen molar-refractivity contribution in [3.63, 3.8) is 0 Å². The number of hydrogen-bond donors (Lipinski definition) is 0. The van der Waals surface area contributed by atoms with Crippen LogP contribution < -0.4 is 0 Å². The molecule has 0 aromatic carbocycles. The SMILES string of the molecule is CC1=C(C)C[C@@](C)(S(=O)(=O)N2CCOCC2)[S@@](=O)C1. The highest BCUT2D eigenvalue weighted by Gasteiger charge is 2.50. The van der Waals surface area contributed by atoms with Crippen LogP contribution in [-0.2, 0) is 25.6 Å². The lowest BCUT2D eigenvalue weighted by Gasteiger charge is -2.38. The molecule has 0 bridgehead atoms. The van der Waals surface area contributed by atoms with Gasteiger partial charge in [0.2, 0.25) is 10.0 Å². The summed E-state index contributed by atoms with van der Waals surface area (Å²) in [4.78, 5) is 0. The molecule has 0 amide bonds. The minimum Gasteiger partial charge on any atom is -0.379 e. The van der Waals surface area contributed by atoms with Crippen LogP contribution in [-0.4, -0.2) is 53.1 Å². The van der Waals surface area contributed by atoms with E-state index in [-0.39, 0.29) is 0 Å². The van der Waals surface area contributed by atoms with Gasteiger partial charge in [-0.15, -0.1) is 0 Å². The maximum absolute atomic E-state index is 12.8. The summed E-state index contributed by atoms with van der Waals surface area (Å²) in [5, 5.41) is 0. The van der Waals surface area contributed by atoms with Crippen LogP contribution in [0.1, 0.15) is 27.2 Å². The molecule has 0 saturated carbocycles. The Hall–Kier alpha value is -0.240. The van der Waals surface area contributed by atoms with E-state index in [9.17, 15) is 12.6 Å². The molecule has 0 spiro atoms. The predicted molar refractivity (Wildman–Crippen MR) is 75.7 cm³/mol.